The normalized spacial score (nSPS) is 19.3. The Morgan fingerprint density at radius 3 is 3.11 bits per heavy atom. The van der Waals surface area contributed by atoms with E-state index < -0.39 is 0 Å². The second-order valence-corrected chi connectivity index (χ2v) is 5.14. The molecule has 0 amide bonds. The molecule has 6 nitrogen and oxygen atoms in total. The maximum absolute atomic E-state index is 12.0. The monoisotopic (exact) mass is 261 g/mol. The van der Waals surface area contributed by atoms with Crippen molar-refractivity contribution >= 4 is 5.78 Å². The number of aromatic nitrogens is 4. The summed E-state index contributed by atoms with van der Waals surface area (Å²) >= 11 is 0. The van der Waals surface area contributed by atoms with Crippen LogP contribution in [0.5, 0.6) is 0 Å². The molecule has 2 aromatic heterocycles. The fourth-order valence-corrected chi connectivity index (χ4v) is 2.57. The van der Waals surface area contributed by atoms with E-state index in [0.717, 1.165) is 43.9 Å². The highest BCUT2D eigenvalue weighted by molar-refractivity contribution is 5.28. The van der Waals surface area contributed by atoms with Crippen LogP contribution in [0.15, 0.2) is 10.9 Å². The number of hydrogen-bond acceptors (Lipinski definition) is 4. The van der Waals surface area contributed by atoms with Crippen LogP contribution in [0.25, 0.3) is 5.78 Å². The van der Waals surface area contributed by atoms with Crippen molar-refractivity contribution in [3.05, 3.63) is 27.9 Å². The minimum Gasteiger partial charge on any atom is -0.316 e. The van der Waals surface area contributed by atoms with Crippen molar-refractivity contribution in [1.82, 2.24) is 24.9 Å². The van der Waals surface area contributed by atoms with E-state index in [0.29, 0.717) is 11.7 Å². The first-order valence-corrected chi connectivity index (χ1v) is 6.94. The Morgan fingerprint density at radius 1 is 1.47 bits per heavy atom. The zero-order chi connectivity index (χ0) is 13.2. The number of fused-ring (bicyclic) bond motifs is 1. The summed E-state index contributed by atoms with van der Waals surface area (Å²) in [5.74, 6) is 2.00. The highest BCUT2D eigenvalue weighted by atomic mass is 16.1. The molecule has 2 N–H and O–H groups in total. The van der Waals surface area contributed by atoms with Crippen LogP contribution in [0.2, 0.25) is 0 Å². The summed E-state index contributed by atoms with van der Waals surface area (Å²) < 4.78 is 1.42. The van der Waals surface area contributed by atoms with E-state index in [4.69, 9.17) is 0 Å². The lowest BCUT2D eigenvalue weighted by atomic mass is 10.0. The SMILES string of the molecule is CCc1nc2nc(CCC3CCNC3)cc(=O)n2[nH]1. The number of hydrogen-bond donors (Lipinski definition) is 2. The van der Waals surface area contributed by atoms with Gasteiger partial charge in [0.2, 0.25) is 0 Å². The molecular formula is C13H19N5O. The van der Waals surface area contributed by atoms with E-state index in [1.807, 2.05) is 6.92 Å². The second kappa shape index (κ2) is 5.13. The third kappa shape index (κ3) is 2.53. The molecule has 19 heavy (non-hydrogen) atoms. The van der Waals surface area contributed by atoms with Gasteiger partial charge in [0.05, 0.1) is 5.69 Å². The van der Waals surface area contributed by atoms with Crippen LogP contribution >= 0.6 is 0 Å². The first-order chi connectivity index (χ1) is 9.26. The number of aromatic amines is 1. The highest BCUT2D eigenvalue weighted by Crippen LogP contribution is 2.14. The molecule has 1 atom stereocenters. The third-order valence-electron chi connectivity index (χ3n) is 3.74. The minimum atomic E-state index is -0.0725. The van der Waals surface area contributed by atoms with Crippen LogP contribution in [0.3, 0.4) is 0 Å². The van der Waals surface area contributed by atoms with E-state index in [1.165, 1.54) is 10.9 Å². The van der Waals surface area contributed by atoms with Crippen LogP contribution in [-0.4, -0.2) is 32.7 Å². The molecule has 1 fully saturated rings. The second-order valence-electron chi connectivity index (χ2n) is 5.14. The first-order valence-electron chi connectivity index (χ1n) is 6.94. The molecule has 6 heteroatoms. The highest BCUT2D eigenvalue weighted by Gasteiger charge is 2.15. The van der Waals surface area contributed by atoms with Crippen molar-refractivity contribution < 1.29 is 0 Å². The van der Waals surface area contributed by atoms with Crippen LogP contribution in [-0.2, 0) is 12.8 Å². The third-order valence-corrected chi connectivity index (χ3v) is 3.74. The molecule has 0 spiro atoms. The van der Waals surface area contributed by atoms with Crippen LogP contribution in [0, 0.1) is 5.92 Å². The number of nitrogens with zero attached hydrogens (tertiary/aromatic N) is 3. The predicted octanol–water partition coefficient (Wildman–Crippen LogP) is 0.522. The molecule has 1 saturated heterocycles. The fourth-order valence-electron chi connectivity index (χ4n) is 2.57. The maximum Gasteiger partial charge on any atom is 0.274 e. The lowest BCUT2D eigenvalue weighted by Crippen LogP contribution is -2.16. The van der Waals surface area contributed by atoms with E-state index in [9.17, 15) is 4.79 Å². The summed E-state index contributed by atoms with van der Waals surface area (Å²) in [4.78, 5) is 20.7. The molecule has 1 aliphatic rings. The molecule has 1 aliphatic heterocycles. The Balaban J connectivity index is 1.81. The number of rotatable bonds is 4. The van der Waals surface area contributed by atoms with Gasteiger partial charge in [-0.1, -0.05) is 6.92 Å². The van der Waals surface area contributed by atoms with Gasteiger partial charge in [0.15, 0.2) is 0 Å². The van der Waals surface area contributed by atoms with Gasteiger partial charge in [-0.15, -0.1) is 0 Å². The molecule has 0 saturated carbocycles. The summed E-state index contributed by atoms with van der Waals surface area (Å²) in [6.45, 7) is 4.19. The van der Waals surface area contributed by atoms with Crippen molar-refractivity contribution in [3.8, 4) is 0 Å². The summed E-state index contributed by atoms with van der Waals surface area (Å²) in [6.07, 6.45) is 3.93. The van der Waals surface area contributed by atoms with Crippen LogP contribution in [0.4, 0.5) is 0 Å². The van der Waals surface area contributed by atoms with Crippen molar-refractivity contribution in [3.63, 3.8) is 0 Å². The summed E-state index contributed by atoms with van der Waals surface area (Å²) in [7, 11) is 0. The molecular weight excluding hydrogens is 242 g/mol. The van der Waals surface area contributed by atoms with E-state index in [1.54, 1.807) is 6.07 Å². The topological polar surface area (TPSA) is 75.1 Å². The molecule has 0 radical (unpaired) electrons. The Labute approximate surface area is 111 Å². The molecule has 0 aliphatic carbocycles. The van der Waals surface area contributed by atoms with E-state index in [2.05, 4.69) is 20.4 Å². The van der Waals surface area contributed by atoms with Gasteiger partial charge in [-0.05, 0) is 38.3 Å². The molecule has 3 rings (SSSR count). The van der Waals surface area contributed by atoms with Gasteiger partial charge >= 0.3 is 0 Å². The Hall–Kier alpha value is -1.69. The van der Waals surface area contributed by atoms with E-state index >= 15 is 0 Å². The smallest absolute Gasteiger partial charge is 0.274 e. The summed E-state index contributed by atoms with van der Waals surface area (Å²) in [5, 5.41) is 6.32. The maximum atomic E-state index is 12.0. The first kappa shape index (κ1) is 12.3. The Bertz CT molecular complexity index is 623. The standard InChI is InChI=1S/C13H19N5O/c1-2-11-16-13-15-10(7-12(19)18(13)17-11)4-3-9-5-6-14-8-9/h7,9,14H,2-6,8H2,1H3,(H,15,16,17). The molecule has 0 bridgehead atoms. The van der Waals surface area contributed by atoms with Crippen molar-refractivity contribution in [2.24, 2.45) is 5.92 Å². The van der Waals surface area contributed by atoms with Gasteiger partial charge in [0, 0.05) is 12.5 Å². The molecule has 1 unspecified atom stereocenters. The zero-order valence-electron chi connectivity index (χ0n) is 11.1. The van der Waals surface area contributed by atoms with Gasteiger partial charge in [-0.3, -0.25) is 9.89 Å². The summed E-state index contributed by atoms with van der Waals surface area (Å²) in [6, 6.07) is 1.62. The van der Waals surface area contributed by atoms with Gasteiger partial charge < -0.3 is 5.32 Å². The molecule has 2 aromatic rings. The quantitative estimate of drug-likeness (QED) is 0.841. The van der Waals surface area contributed by atoms with Crippen molar-refractivity contribution in [2.75, 3.05) is 13.1 Å². The van der Waals surface area contributed by atoms with Gasteiger partial charge in [0.1, 0.15) is 5.82 Å². The Morgan fingerprint density at radius 2 is 2.37 bits per heavy atom. The molecule has 102 valence electrons. The van der Waals surface area contributed by atoms with E-state index in [-0.39, 0.29) is 5.56 Å². The number of aryl methyl sites for hydroxylation is 2. The van der Waals surface area contributed by atoms with Gasteiger partial charge in [-0.2, -0.15) is 9.50 Å². The average Bonchev–Trinajstić information content (AvgIpc) is 3.05. The average molecular weight is 261 g/mol. The lowest BCUT2D eigenvalue weighted by molar-refractivity contribution is 0.529. The zero-order valence-corrected chi connectivity index (χ0v) is 11.1. The fraction of sp³-hybridized carbons (Fsp3) is 0.615. The summed E-state index contributed by atoms with van der Waals surface area (Å²) in [5.41, 5.74) is 0.780. The van der Waals surface area contributed by atoms with Gasteiger partial charge in [0.25, 0.3) is 11.3 Å². The lowest BCUT2D eigenvalue weighted by Gasteiger charge is -2.06. The largest absolute Gasteiger partial charge is 0.316 e. The van der Waals surface area contributed by atoms with Crippen LogP contribution in [0.1, 0.15) is 31.3 Å². The number of H-pyrrole nitrogens is 1. The molecule has 3 heterocycles. The Kier molecular flexibility index (Phi) is 3.33. The predicted molar refractivity (Wildman–Crippen MR) is 72.3 cm³/mol. The molecule has 0 aromatic carbocycles. The van der Waals surface area contributed by atoms with Crippen molar-refractivity contribution in [1.29, 1.82) is 0 Å². The van der Waals surface area contributed by atoms with Crippen molar-refractivity contribution in [2.45, 2.75) is 32.6 Å². The van der Waals surface area contributed by atoms with Gasteiger partial charge in [-0.25, -0.2) is 4.98 Å². The number of nitrogens with one attached hydrogen (secondary N) is 2. The van der Waals surface area contributed by atoms with Crippen LogP contribution < -0.4 is 10.9 Å². The minimum absolute atomic E-state index is 0.0725.